The Bertz CT molecular complexity index is 400. The molecule has 0 radical (unpaired) electrons. The Morgan fingerprint density at radius 2 is 2.11 bits per heavy atom. The van der Waals surface area contributed by atoms with Gasteiger partial charge in [0.05, 0.1) is 17.8 Å². The lowest BCUT2D eigenvalue weighted by molar-refractivity contribution is -0.127. The van der Waals surface area contributed by atoms with Crippen molar-refractivity contribution in [1.82, 2.24) is 9.62 Å². The number of piperidine rings is 1. The minimum atomic E-state index is -3.23. The molecular weight excluding hydrogens is 256 g/mol. The van der Waals surface area contributed by atoms with Gasteiger partial charge in [-0.2, -0.15) is 0 Å². The van der Waals surface area contributed by atoms with E-state index in [2.05, 4.69) is 5.32 Å². The van der Waals surface area contributed by atoms with Crippen LogP contribution < -0.4 is 5.32 Å². The SMILES string of the molecule is CC(C)(O)CNC(=O)C1CCCN(S(C)(=O)=O)C1. The molecule has 0 aromatic heterocycles. The molecule has 7 heteroatoms. The number of aliphatic hydroxyl groups is 1. The standard InChI is InChI=1S/C11H22N2O4S/c1-11(2,15)8-12-10(14)9-5-4-6-13(7-9)18(3,16)17/h9,15H,4-8H2,1-3H3,(H,12,14). The molecule has 106 valence electrons. The van der Waals surface area contributed by atoms with Crippen LogP contribution in [0.5, 0.6) is 0 Å². The van der Waals surface area contributed by atoms with Crippen LogP contribution in [-0.2, 0) is 14.8 Å². The molecular formula is C11H22N2O4S. The van der Waals surface area contributed by atoms with Crippen molar-refractivity contribution < 1.29 is 18.3 Å². The van der Waals surface area contributed by atoms with Gasteiger partial charge in [0.2, 0.25) is 15.9 Å². The zero-order valence-corrected chi connectivity index (χ0v) is 12.0. The fourth-order valence-corrected chi connectivity index (χ4v) is 2.82. The van der Waals surface area contributed by atoms with Crippen LogP contribution in [0.15, 0.2) is 0 Å². The molecule has 0 aromatic carbocycles. The second-order valence-electron chi connectivity index (χ2n) is 5.49. The molecule has 1 aliphatic rings. The highest BCUT2D eigenvalue weighted by Crippen LogP contribution is 2.18. The largest absolute Gasteiger partial charge is 0.389 e. The summed E-state index contributed by atoms with van der Waals surface area (Å²) in [4.78, 5) is 11.9. The Balaban J connectivity index is 2.54. The zero-order chi connectivity index (χ0) is 14.0. The quantitative estimate of drug-likeness (QED) is 0.729. The smallest absolute Gasteiger partial charge is 0.224 e. The second-order valence-corrected chi connectivity index (χ2v) is 7.47. The molecule has 1 unspecified atom stereocenters. The van der Waals surface area contributed by atoms with Gasteiger partial charge >= 0.3 is 0 Å². The third-order valence-electron chi connectivity index (χ3n) is 2.92. The van der Waals surface area contributed by atoms with Crippen molar-refractivity contribution in [2.24, 2.45) is 5.92 Å². The van der Waals surface area contributed by atoms with Crippen LogP contribution in [0, 0.1) is 5.92 Å². The summed E-state index contributed by atoms with van der Waals surface area (Å²) < 4.78 is 24.2. The third kappa shape index (κ3) is 4.91. The van der Waals surface area contributed by atoms with Crippen molar-refractivity contribution in [3.8, 4) is 0 Å². The third-order valence-corrected chi connectivity index (χ3v) is 4.19. The molecule has 6 nitrogen and oxygen atoms in total. The number of carbonyl (C=O) groups excluding carboxylic acids is 1. The molecule has 0 aliphatic carbocycles. The molecule has 1 fully saturated rings. The summed E-state index contributed by atoms with van der Waals surface area (Å²) >= 11 is 0. The highest BCUT2D eigenvalue weighted by molar-refractivity contribution is 7.88. The van der Waals surface area contributed by atoms with E-state index in [1.54, 1.807) is 13.8 Å². The van der Waals surface area contributed by atoms with Gasteiger partial charge in [-0.25, -0.2) is 12.7 Å². The fourth-order valence-electron chi connectivity index (χ4n) is 1.91. The van der Waals surface area contributed by atoms with Gasteiger partial charge in [-0.05, 0) is 26.7 Å². The molecule has 2 N–H and O–H groups in total. The van der Waals surface area contributed by atoms with Gasteiger partial charge in [0.1, 0.15) is 0 Å². The lowest BCUT2D eigenvalue weighted by atomic mass is 9.98. The molecule has 1 rings (SSSR count). The molecule has 0 spiro atoms. The average molecular weight is 278 g/mol. The molecule has 1 saturated heterocycles. The first-order chi connectivity index (χ1) is 8.09. The summed E-state index contributed by atoms with van der Waals surface area (Å²) in [6.07, 6.45) is 2.53. The van der Waals surface area contributed by atoms with Crippen LogP contribution in [0.1, 0.15) is 26.7 Å². The van der Waals surface area contributed by atoms with E-state index >= 15 is 0 Å². The van der Waals surface area contributed by atoms with Crippen molar-refractivity contribution >= 4 is 15.9 Å². The van der Waals surface area contributed by atoms with E-state index in [0.29, 0.717) is 19.4 Å². The highest BCUT2D eigenvalue weighted by atomic mass is 32.2. The van der Waals surface area contributed by atoms with Gasteiger partial charge in [-0.15, -0.1) is 0 Å². The minimum Gasteiger partial charge on any atom is -0.389 e. The summed E-state index contributed by atoms with van der Waals surface area (Å²) in [6.45, 7) is 4.10. The summed E-state index contributed by atoms with van der Waals surface area (Å²) in [6, 6.07) is 0. The fraction of sp³-hybridized carbons (Fsp3) is 0.909. The predicted octanol–water partition coefficient (Wildman–Crippen LogP) is -0.455. The van der Waals surface area contributed by atoms with E-state index < -0.39 is 15.6 Å². The predicted molar refractivity (Wildman–Crippen MR) is 68.4 cm³/mol. The molecule has 1 aliphatic heterocycles. The molecule has 0 aromatic rings. The van der Waals surface area contributed by atoms with E-state index in [4.69, 9.17) is 0 Å². The van der Waals surface area contributed by atoms with E-state index in [1.807, 2.05) is 0 Å². The first-order valence-electron chi connectivity index (χ1n) is 6.05. The Labute approximate surface area is 108 Å². The van der Waals surface area contributed by atoms with E-state index in [9.17, 15) is 18.3 Å². The number of rotatable bonds is 4. The van der Waals surface area contributed by atoms with Gasteiger partial charge in [-0.1, -0.05) is 0 Å². The number of nitrogens with zero attached hydrogens (tertiary/aromatic N) is 1. The number of carbonyl (C=O) groups is 1. The minimum absolute atomic E-state index is 0.168. The molecule has 0 saturated carbocycles. The van der Waals surface area contributed by atoms with Gasteiger partial charge in [0.15, 0.2) is 0 Å². The van der Waals surface area contributed by atoms with Crippen molar-refractivity contribution in [1.29, 1.82) is 0 Å². The Kier molecular flexibility index (Phi) is 4.74. The summed E-state index contributed by atoms with van der Waals surface area (Å²) in [5.41, 5.74) is -0.957. The number of hydrogen-bond acceptors (Lipinski definition) is 4. The number of amides is 1. The summed E-state index contributed by atoms with van der Waals surface area (Å²) in [5.74, 6) is -0.513. The molecule has 1 amide bonds. The van der Waals surface area contributed by atoms with Crippen LogP contribution in [0.2, 0.25) is 0 Å². The topological polar surface area (TPSA) is 86.7 Å². The van der Waals surface area contributed by atoms with Crippen LogP contribution >= 0.6 is 0 Å². The van der Waals surface area contributed by atoms with Gasteiger partial charge < -0.3 is 10.4 Å². The number of hydrogen-bond donors (Lipinski definition) is 2. The summed E-state index contributed by atoms with van der Waals surface area (Å²) in [5, 5.41) is 12.2. The van der Waals surface area contributed by atoms with Gasteiger partial charge in [0.25, 0.3) is 0 Å². The Morgan fingerprint density at radius 3 is 2.61 bits per heavy atom. The molecule has 1 atom stereocenters. The van der Waals surface area contributed by atoms with Gasteiger partial charge in [0, 0.05) is 19.6 Å². The zero-order valence-electron chi connectivity index (χ0n) is 11.1. The van der Waals surface area contributed by atoms with Crippen LogP contribution in [0.4, 0.5) is 0 Å². The second kappa shape index (κ2) is 5.54. The lowest BCUT2D eigenvalue weighted by Crippen LogP contribution is -2.47. The first-order valence-corrected chi connectivity index (χ1v) is 7.89. The molecule has 18 heavy (non-hydrogen) atoms. The lowest BCUT2D eigenvalue weighted by Gasteiger charge is -2.30. The Morgan fingerprint density at radius 1 is 1.50 bits per heavy atom. The first kappa shape index (κ1) is 15.4. The van der Waals surface area contributed by atoms with Crippen molar-refractivity contribution in [3.63, 3.8) is 0 Å². The van der Waals surface area contributed by atoms with Gasteiger partial charge in [-0.3, -0.25) is 4.79 Å². The average Bonchev–Trinajstić information content (AvgIpc) is 2.24. The maximum absolute atomic E-state index is 11.9. The normalized spacial score (nSPS) is 22.8. The van der Waals surface area contributed by atoms with Crippen LogP contribution in [0.25, 0.3) is 0 Å². The molecule has 0 bridgehead atoms. The van der Waals surface area contributed by atoms with Crippen LogP contribution in [-0.4, -0.2) is 55.2 Å². The Hall–Kier alpha value is -0.660. The van der Waals surface area contributed by atoms with E-state index in [1.165, 1.54) is 4.31 Å². The van der Waals surface area contributed by atoms with Crippen LogP contribution in [0.3, 0.4) is 0 Å². The van der Waals surface area contributed by atoms with Crippen molar-refractivity contribution in [2.75, 3.05) is 25.9 Å². The maximum atomic E-state index is 11.9. The molecule has 1 heterocycles. The van der Waals surface area contributed by atoms with Crippen molar-refractivity contribution in [2.45, 2.75) is 32.3 Å². The summed E-state index contributed by atoms with van der Waals surface area (Å²) in [7, 11) is -3.23. The van der Waals surface area contributed by atoms with E-state index in [0.717, 1.165) is 6.26 Å². The maximum Gasteiger partial charge on any atom is 0.224 e. The number of nitrogens with one attached hydrogen (secondary N) is 1. The number of sulfonamides is 1. The van der Waals surface area contributed by atoms with Crippen molar-refractivity contribution in [3.05, 3.63) is 0 Å². The monoisotopic (exact) mass is 278 g/mol. The highest BCUT2D eigenvalue weighted by Gasteiger charge is 2.30. The van der Waals surface area contributed by atoms with E-state index in [-0.39, 0.29) is 24.9 Å².